The molecule has 2 N–H and O–H groups in total. The summed E-state index contributed by atoms with van der Waals surface area (Å²) in [7, 11) is 0. The smallest absolute Gasteiger partial charge is 0.230 e. The number of hydrogen-bond acceptors (Lipinski definition) is 7. The maximum Gasteiger partial charge on any atom is 0.230 e. The second-order valence-corrected chi connectivity index (χ2v) is 8.01. The highest BCUT2D eigenvalue weighted by molar-refractivity contribution is 5.90. The number of aromatic nitrogens is 4. The molecule has 0 spiro atoms. The Hall–Kier alpha value is -3.20. The first-order valence-electron chi connectivity index (χ1n) is 10.9. The molecule has 1 saturated heterocycles. The summed E-state index contributed by atoms with van der Waals surface area (Å²) in [5.74, 6) is 1.97. The van der Waals surface area contributed by atoms with Crippen LogP contribution in [0.5, 0.6) is 0 Å². The van der Waals surface area contributed by atoms with Gasteiger partial charge in [-0.05, 0) is 36.5 Å². The topological polar surface area (TPSA) is 96.7 Å². The first-order chi connectivity index (χ1) is 15.2. The molecule has 0 atom stereocenters. The normalized spacial score (nSPS) is 16.5. The van der Waals surface area contributed by atoms with Gasteiger partial charge in [0.2, 0.25) is 17.8 Å². The van der Waals surface area contributed by atoms with Gasteiger partial charge in [-0.25, -0.2) is 0 Å². The Labute approximate surface area is 180 Å². The van der Waals surface area contributed by atoms with Crippen molar-refractivity contribution in [2.75, 3.05) is 41.8 Å². The molecular weight excluding hydrogens is 394 g/mol. The summed E-state index contributed by atoms with van der Waals surface area (Å²) in [6.45, 7) is 5.38. The fourth-order valence-corrected chi connectivity index (χ4v) is 3.72. The third kappa shape index (κ3) is 4.32. The van der Waals surface area contributed by atoms with Gasteiger partial charge >= 0.3 is 0 Å². The average molecular weight is 422 g/mol. The van der Waals surface area contributed by atoms with E-state index in [1.54, 1.807) is 0 Å². The van der Waals surface area contributed by atoms with E-state index in [2.05, 4.69) is 20.6 Å². The first kappa shape index (κ1) is 19.7. The van der Waals surface area contributed by atoms with Crippen LogP contribution in [0.15, 0.2) is 30.5 Å². The van der Waals surface area contributed by atoms with Crippen molar-refractivity contribution in [3.8, 4) is 0 Å². The molecule has 9 heteroatoms. The molecule has 1 aromatic carbocycles. The van der Waals surface area contributed by atoms with Crippen LogP contribution < -0.4 is 15.5 Å². The molecule has 0 unspecified atom stereocenters. The molecule has 1 aliphatic carbocycles. The molecule has 0 bridgehead atoms. The highest BCUT2D eigenvalue weighted by Crippen LogP contribution is 2.42. The second-order valence-electron chi connectivity index (χ2n) is 8.01. The molecule has 31 heavy (non-hydrogen) atoms. The fraction of sp³-hybridized carbons (Fsp3) is 0.455. The monoisotopic (exact) mass is 421 g/mol. The Kier molecular flexibility index (Phi) is 5.42. The van der Waals surface area contributed by atoms with Gasteiger partial charge in [-0.2, -0.15) is 19.6 Å². The van der Waals surface area contributed by atoms with Gasteiger partial charge in [-0.15, -0.1) is 0 Å². The van der Waals surface area contributed by atoms with Gasteiger partial charge in [0.05, 0.1) is 19.4 Å². The van der Waals surface area contributed by atoms with E-state index in [-0.39, 0.29) is 5.91 Å². The molecule has 1 saturated carbocycles. The van der Waals surface area contributed by atoms with E-state index in [1.165, 1.54) is 18.4 Å². The van der Waals surface area contributed by atoms with Crippen molar-refractivity contribution in [2.45, 2.75) is 38.6 Å². The molecule has 3 aromatic rings. The number of morpholine rings is 1. The molecule has 0 radical (unpaired) electrons. The van der Waals surface area contributed by atoms with Crippen LogP contribution in [0.2, 0.25) is 0 Å². The Morgan fingerprint density at radius 3 is 2.65 bits per heavy atom. The third-order valence-corrected chi connectivity index (χ3v) is 5.70. The predicted octanol–water partition coefficient (Wildman–Crippen LogP) is 2.80. The van der Waals surface area contributed by atoms with Crippen molar-refractivity contribution >= 4 is 29.1 Å². The lowest BCUT2D eigenvalue weighted by molar-refractivity contribution is -0.115. The van der Waals surface area contributed by atoms with Crippen LogP contribution in [0.25, 0.3) is 5.65 Å². The maximum atomic E-state index is 11.6. The molecule has 2 aromatic heterocycles. The summed E-state index contributed by atoms with van der Waals surface area (Å²) in [6, 6.07) is 7.83. The number of fused-ring (bicyclic) bond motifs is 1. The minimum atomic E-state index is 0.00930. The van der Waals surface area contributed by atoms with Crippen molar-refractivity contribution in [1.82, 2.24) is 19.6 Å². The Morgan fingerprint density at radius 2 is 1.94 bits per heavy atom. The van der Waals surface area contributed by atoms with E-state index in [1.807, 2.05) is 41.9 Å². The molecule has 162 valence electrons. The number of rotatable bonds is 7. The maximum absolute atomic E-state index is 11.6. The van der Waals surface area contributed by atoms with Gasteiger partial charge in [0, 0.05) is 37.3 Å². The van der Waals surface area contributed by atoms with E-state index < -0.39 is 0 Å². The molecule has 1 amide bonds. The number of carbonyl (C=O) groups excluding carboxylic acids is 1. The standard InChI is InChI=1S/C22H27N7O2/c1-2-19(30)25-17-7-3-15(4-8-17)13-23-21-27-22(28-9-11-31-12-10-28)26-20-18(16-5-6-16)14-24-29(20)21/h3-4,7-8,14,16H,2,5-6,9-13H2,1H3,(H,25,30)(H,23,26,27). The van der Waals surface area contributed by atoms with E-state index in [0.29, 0.717) is 38.0 Å². The van der Waals surface area contributed by atoms with E-state index in [4.69, 9.17) is 14.7 Å². The van der Waals surface area contributed by atoms with Gasteiger partial charge in [0.15, 0.2) is 5.65 Å². The Bertz CT molecular complexity index is 1070. The van der Waals surface area contributed by atoms with Gasteiger partial charge < -0.3 is 20.3 Å². The number of anilines is 3. The number of nitrogens with one attached hydrogen (secondary N) is 2. The largest absolute Gasteiger partial charge is 0.378 e. The molecule has 9 nitrogen and oxygen atoms in total. The lowest BCUT2D eigenvalue weighted by Crippen LogP contribution is -2.37. The zero-order chi connectivity index (χ0) is 21.2. The summed E-state index contributed by atoms with van der Waals surface area (Å²) < 4.78 is 7.30. The average Bonchev–Trinajstić information content (AvgIpc) is 3.57. The Morgan fingerprint density at radius 1 is 1.16 bits per heavy atom. The Balaban J connectivity index is 1.38. The molecular formula is C22H27N7O2. The van der Waals surface area contributed by atoms with E-state index >= 15 is 0 Å². The summed E-state index contributed by atoms with van der Waals surface area (Å²) in [6.07, 6.45) is 4.79. The highest BCUT2D eigenvalue weighted by atomic mass is 16.5. The van der Waals surface area contributed by atoms with E-state index in [0.717, 1.165) is 35.9 Å². The van der Waals surface area contributed by atoms with Crippen LogP contribution in [0.1, 0.15) is 43.2 Å². The minimum Gasteiger partial charge on any atom is -0.378 e. The van der Waals surface area contributed by atoms with Crippen LogP contribution in [0, 0.1) is 0 Å². The predicted molar refractivity (Wildman–Crippen MR) is 118 cm³/mol. The zero-order valence-corrected chi connectivity index (χ0v) is 17.7. The lowest BCUT2D eigenvalue weighted by Gasteiger charge is -2.27. The molecule has 2 fully saturated rings. The fourth-order valence-electron chi connectivity index (χ4n) is 3.72. The number of amides is 1. The lowest BCUT2D eigenvalue weighted by atomic mass is 10.2. The van der Waals surface area contributed by atoms with Gasteiger partial charge in [0.1, 0.15) is 0 Å². The molecule has 2 aliphatic rings. The third-order valence-electron chi connectivity index (χ3n) is 5.70. The second kappa shape index (κ2) is 8.50. The number of benzene rings is 1. The summed E-state index contributed by atoms with van der Waals surface area (Å²) in [5.41, 5.74) is 3.98. The molecule has 1 aliphatic heterocycles. The van der Waals surface area contributed by atoms with Crippen LogP contribution in [0.4, 0.5) is 17.6 Å². The van der Waals surface area contributed by atoms with Crippen molar-refractivity contribution in [3.05, 3.63) is 41.6 Å². The molecule has 3 heterocycles. The summed E-state index contributed by atoms with van der Waals surface area (Å²) in [5, 5.41) is 10.9. The van der Waals surface area contributed by atoms with Crippen LogP contribution >= 0.6 is 0 Å². The van der Waals surface area contributed by atoms with Crippen molar-refractivity contribution in [2.24, 2.45) is 0 Å². The van der Waals surface area contributed by atoms with Crippen molar-refractivity contribution in [1.29, 1.82) is 0 Å². The van der Waals surface area contributed by atoms with Gasteiger partial charge in [-0.1, -0.05) is 19.1 Å². The summed E-state index contributed by atoms with van der Waals surface area (Å²) in [4.78, 5) is 23.4. The van der Waals surface area contributed by atoms with Gasteiger partial charge in [-0.3, -0.25) is 4.79 Å². The van der Waals surface area contributed by atoms with E-state index in [9.17, 15) is 4.79 Å². The number of hydrogen-bond donors (Lipinski definition) is 2. The van der Waals surface area contributed by atoms with Crippen molar-refractivity contribution < 1.29 is 9.53 Å². The molecule has 5 rings (SSSR count). The zero-order valence-electron chi connectivity index (χ0n) is 17.7. The van der Waals surface area contributed by atoms with Gasteiger partial charge in [0.25, 0.3) is 0 Å². The number of nitrogens with zero attached hydrogens (tertiary/aromatic N) is 5. The van der Waals surface area contributed by atoms with Crippen LogP contribution in [0.3, 0.4) is 0 Å². The quantitative estimate of drug-likeness (QED) is 0.605. The highest BCUT2D eigenvalue weighted by Gasteiger charge is 2.29. The minimum absolute atomic E-state index is 0.00930. The number of ether oxygens (including phenoxy) is 1. The summed E-state index contributed by atoms with van der Waals surface area (Å²) >= 11 is 0. The van der Waals surface area contributed by atoms with Crippen LogP contribution in [-0.4, -0.2) is 51.8 Å². The van der Waals surface area contributed by atoms with Crippen molar-refractivity contribution in [3.63, 3.8) is 0 Å². The number of carbonyl (C=O) groups is 1. The first-order valence-corrected chi connectivity index (χ1v) is 10.9. The van der Waals surface area contributed by atoms with Crippen LogP contribution in [-0.2, 0) is 16.1 Å². The SMILES string of the molecule is CCC(=O)Nc1ccc(CNc2nc(N3CCOCC3)nc3c(C4CC4)cnn23)cc1.